The van der Waals surface area contributed by atoms with Crippen molar-refractivity contribution in [3.8, 4) is 0 Å². The largest absolute Gasteiger partial charge is 0.398 e. The Bertz CT molecular complexity index is 659. The minimum Gasteiger partial charge on any atom is -0.398 e. The highest BCUT2D eigenvalue weighted by Gasteiger charge is 2.24. The first-order valence-electron chi connectivity index (χ1n) is 7.72. The third kappa shape index (κ3) is 2.73. The molecule has 110 valence electrons. The molecule has 1 aliphatic carbocycles. The molecule has 2 aromatic carbocycles. The maximum absolute atomic E-state index is 12.8. The van der Waals surface area contributed by atoms with E-state index in [1.807, 2.05) is 48.3 Å². The first-order chi connectivity index (χ1) is 10.2. The molecule has 0 atom stereocenters. The summed E-state index contributed by atoms with van der Waals surface area (Å²) in [5.41, 5.74) is 7.30. The molecule has 2 aromatic rings. The van der Waals surface area contributed by atoms with Gasteiger partial charge in [0.25, 0.3) is 5.91 Å². The second-order valence-corrected chi connectivity index (χ2v) is 5.99. The van der Waals surface area contributed by atoms with Gasteiger partial charge in [0.05, 0.1) is 5.56 Å². The standard InChI is InChI=1S/C18H22N2O/c1-20(15-9-3-2-4-10-15)18(21)16-11-13-7-5-6-8-14(13)12-17(16)19/h5-8,11-12,15H,2-4,9-10,19H2,1H3. The maximum Gasteiger partial charge on any atom is 0.255 e. The van der Waals surface area contributed by atoms with E-state index in [0.717, 1.165) is 23.6 Å². The van der Waals surface area contributed by atoms with Crippen LogP contribution in [0.5, 0.6) is 0 Å². The van der Waals surface area contributed by atoms with Crippen LogP contribution in [0.2, 0.25) is 0 Å². The molecule has 2 N–H and O–H groups in total. The van der Waals surface area contributed by atoms with Gasteiger partial charge in [0.2, 0.25) is 0 Å². The first-order valence-corrected chi connectivity index (χ1v) is 7.72. The van der Waals surface area contributed by atoms with Crippen molar-refractivity contribution in [3.05, 3.63) is 42.0 Å². The lowest BCUT2D eigenvalue weighted by molar-refractivity contribution is 0.0697. The number of fused-ring (bicyclic) bond motifs is 1. The summed E-state index contributed by atoms with van der Waals surface area (Å²) in [4.78, 5) is 14.6. The zero-order valence-electron chi connectivity index (χ0n) is 12.5. The summed E-state index contributed by atoms with van der Waals surface area (Å²) in [6.07, 6.45) is 5.94. The van der Waals surface area contributed by atoms with Gasteiger partial charge in [-0.2, -0.15) is 0 Å². The predicted octanol–water partition coefficient (Wildman–Crippen LogP) is 3.83. The van der Waals surface area contributed by atoms with E-state index in [1.54, 1.807) is 0 Å². The fraction of sp³-hybridized carbons (Fsp3) is 0.389. The average molecular weight is 282 g/mol. The van der Waals surface area contributed by atoms with Crippen LogP contribution in [-0.4, -0.2) is 23.9 Å². The molecule has 21 heavy (non-hydrogen) atoms. The Balaban J connectivity index is 1.91. The number of rotatable bonds is 2. The average Bonchev–Trinajstić information content (AvgIpc) is 2.53. The van der Waals surface area contributed by atoms with Crippen molar-refractivity contribution < 1.29 is 4.79 Å². The normalized spacial score (nSPS) is 16.0. The Morgan fingerprint density at radius 1 is 1.10 bits per heavy atom. The molecule has 1 fully saturated rings. The van der Waals surface area contributed by atoms with E-state index in [4.69, 9.17) is 5.73 Å². The van der Waals surface area contributed by atoms with Crippen molar-refractivity contribution in [2.45, 2.75) is 38.1 Å². The Hall–Kier alpha value is -2.03. The van der Waals surface area contributed by atoms with E-state index in [1.165, 1.54) is 19.3 Å². The van der Waals surface area contributed by atoms with Gasteiger partial charge in [-0.25, -0.2) is 0 Å². The summed E-state index contributed by atoms with van der Waals surface area (Å²) in [7, 11) is 1.91. The van der Waals surface area contributed by atoms with E-state index >= 15 is 0 Å². The van der Waals surface area contributed by atoms with Gasteiger partial charge in [-0.15, -0.1) is 0 Å². The molecular formula is C18H22N2O. The summed E-state index contributed by atoms with van der Waals surface area (Å²) in [6.45, 7) is 0. The van der Waals surface area contributed by atoms with E-state index in [2.05, 4.69) is 0 Å². The zero-order valence-corrected chi connectivity index (χ0v) is 12.5. The topological polar surface area (TPSA) is 46.3 Å². The predicted molar refractivity (Wildman–Crippen MR) is 87.3 cm³/mol. The van der Waals surface area contributed by atoms with Crippen LogP contribution in [0.4, 0.5) is 5.69 Å². The van der Waals surface area contributed by atoms with E-state index in [0.29, 0.717) is 17.3 Å². The van der Waals surface area contributed by atoms with Gasteiger partial charge in [-0.05, 0) is 35.7 Å². The van der Waals surface area contributed by atoms with Crippen LogP contribution in [0.15, 0.2) is 36.4 Å². The number of carbonyl (C=O) groups is 1. The van der Waals surface area contributed by atoms with Crippen molar-refractivity contribution in [2.75, 3.05) is 12.8 Å². The Kier molecular flexibility index (Phi) is 3.82. The van der Waals surface area contributed by atoms with Crippen LogP contribution in [-0.2, 0) is 0 Å². The van der Waals surface area contributed by atoms with Crippen molar-refractivity contribution in [1.29, 1.82) is 0 Å². The number of anilines is 1. The third-order valence-corrected chi connectivity index (χ3v) is 4.59. The Labute approximate surface area is 125 Å². The number of carbonyl (C=O) groups excluding carboxylic acids is 1. The summed E-state index contributed by atoms with van der Waals surface area (Å²) >= 11 is 0. The molecule has 0 spiro atoms. The van der Waals surface area contributed by atoms with Gasteiger partial charge in [0.1, 0.15) is 0 Å². The van der Waals surface area contributed by atoms with Gasteiger partial charge < -0.3 is 10.6 Å². The lowest BCUT2D eigenvalue weighted by atomic mass is 9.94. The second kappa shape index (κ2) is 5.76. The molecule has 0 saturated heterocycles. The number of nitrogens with zero attached hydrogens (tertiary/aromatic N) is 1. The van der Waals surface area contributed by atoms with Crippen LogP contribution in [0.25, 0.3) is 10.8 Å². The fourth-order valence-electron chi connectivity index (χ4n) is 3.27. The van der Waals surface area contributed by atoms with Crippen LogP contribution >= 0.6 is 0 Å². The number of hydrogen-bond donors (Lipinski definition) is 1. The number of nitrogen functional groups attached to an aromatic ring is 1. The number of benzene rings is 2. The molecular weight excluding hydrogens is 260 g/mol. The second-order valence-electron chi connectivity index (χ2n) is 5.99. The molecule has 3 heteroatoms. The number of nitrogens with two attached hydrogens (primary N) is 1. The molecule has 3 rings (SSSR count). The summed E-state index contributed by atoms with van der Waals surface area (Å²) in [5, 5.41) is 2.14. The molecule has 0 unspecified atom stereocenters. The summed E-state index contributed by atoms with van der Waals surface area (Å²) in [5.74, 6) is 0.0464. The van der Waals surface area contributed by atoms with Crippen molar-refractivity contribution >= 4 is 22.4 Å². The van der Waals surface area contributed by atoms with E-state index < -0.39 is 0 Å². The lowest BCUT2D eigenvalue weighted by Crippen LogP contribution is -2.38. The smallest absolute Gasteiger partial charge is 0.255 e. The minimum atomic E-state index is 0.0464. The molecule has 0 heterocycles. The highest BCUT2D eigenvalue weighted by molar-refractivity contribution is 6.03. The number of amides is 1. The molecule has 0 aliphatic heterocycles. The molecule has 3 nitrogen and oxygen atoms in total. The summed E-state index contributed by atoms with van der Waals surface area (Å²) in [6, 6.07) is 12.2. The monoisotopic (exact) mass is 282 g/mol. The van der Waals surface area contributed by atoms with E-state index in [-0.39, 0.29) is 5.91 Å². The van der Waals surface area contributed by atoms with E-state index in [9.17, 15) is 4.79 Å². The SMILES string of the molecule is CN(C(=O)c1cc2ccccc2cc1N)C1CCCCC1. The van der Waals surface area contributed by atoms with Gasteiger partial charge in [0, 0.05) is 18.8 Å². The Morgan fingerprint density at radius 2 is 1.71 bits per heavy atom. The van der Waals surface area contributed by atoms with Crippen molar-refractivity contribution in [2.24, 2.45) is 0 Å². The first kappa shape index (κ1) is 13.9. The highest BCUT2D eigenvalue weighted by atomic mass is 16.2. The van der Waals surface area contributed by atoms with Gasteiger partial charge in [-0.1, -0.05) is 43.5 Å². The molecule has 0 bridgehead atoms. The molecule has 1 aliphatic rings. The van der Waals surface area contributed by atoms with Crippen molar-refractivity contribution in [1.82, 2.24) is 4.90 Å². The quantitative estimate of drug-likeness (QED) is 0.851. The fourth-order valence-corrected chi connectivity index (χ4v) is 3.27. The number of hydrogen-bond acceptors (Lipinski definition) is 2. The van der Waals surface area contributed by atoms with Gasteiger partial charge in [-0.3, -0.25) is 4.79 Å². The van der Waals surface area contributed by atoms with Crippen LogP contribution in [0.3, 0.4) is 0 Å². The van der Waals surface area contributed by atoms with Crippen LogP contribution in [0.1, 0.15) is 42.5 Å². The van der Waals surface area contributed by atoms with Crippen LogP contribution in [0, 0.1) is 0 Å². The zero-order chi connectivity index (χ0) is 14.8. The maximum atomic E-state index is 12.8. The molecule has 0 aromatic heterocycles. The van der Waals surface area contributed by atoms with Gasteiger partial charge >= 0.3 is 0 Å². The Morgan fingerprint density at radius 3 is 2.38 bits per heavy atom. The third-order valence-electron chi connectivity index (χ3n) is 4.59. The molecule has 1 saturated carbocycles. The van der Waals surface area contributed by atoms with Gasteiger partial charge in [0.15, 0.2) is 0 Å². The molecule has 0 radical (unpaired) electrons. The molecule has 1 amide bonds. The lowest BCUT2D eigenvalue weighted by Gasteiger charge is -2.31. The summed E-state index contributed by atoms with van der Waals surface area (Å²) < 4.78 is 0. The highest BCUT2D eigenvalue weighted by Crippen LogP contribution is 2.26. The minimum absolute atomic E-state index is 0.0464. The van der Waals surface area contributed by atoms with Crippen LogP contribution < -0.4 is 5.73 Å². The van der Waals surface area contributed by atoms with Crippen molar-refractivity contribution in [3.63, 3.8) is 0 Å².